The fourth-order valence-corrected chi connectivity index (χ4v) is 2.65. The van der Waals surface area contributed by atoms with Crippen LogP contribution in [0.4, 0.5) is 13.6 Å². The lowest BCUT2D eigenvalue weighted by molar-refractivity contribution is 0.203. The zero-order valence-corrected chi connectivity index (χ0v) is 13.9. The van der Waals surface area contributed by atoms with Gasteiger partial charge >= 0.3 is 11.8 Å². The second kappa shape index (κ2) is 6.58. The third-order valence-electron chi connectivity index (χ3n) is 3.94. The minimum atomic E-state index is -1.00. The van der Waals surface area contributed by atoms with E-state index in [-0.39, 0.29) is 22.5 Å². The summed E-state index contributed by atoms with van der Waals surface area (Å²) in [5.41, 5.74) is -1.24. The molecule has 0 aliphatic heterocycles. The van der Waals surface area contributed by atoms with Crippen molar-refractivity contribution in [3.05, 3.63) is 81.3 Å². The molecular weight excluding hydrogens is 374 g/mol. The lowest BCUT2D eigenvalue weighted by Crippen LogP contribution is -2.24. The number of carbonyl (C=O) groups excluding carboxylic acids is 1. The van der Waals surface area contributed by atoms with Gasteiger partial charge in [-0.25, -0.2) is 27.9 Å². The molecule has 140 valence electrons. The Labute approximate surface area is 154 Å². The van der Waals surface area contributed by atoms with Crippen molar-refractivity contribution in [2.45, 2.75) is 0 Å². The molecule has 0 aliphatic rings. The Morgan fingerprint density at radius 3 is 2.50 bits per heavy atom. The molecule has 0 saturated carbocycles. The SMILES string of the molecule is O=C(Oc1ccc(-c2ccc(F)cc2)c(F)c1)n1cnc2c(=O)[nH]c(=O)[nH]c21. The number of hydrogen-bond acceptors (Lipinski definition) is 5. The van der Waals surface area contributed by atoms with Crippen LogP contribution >= 0.6 is 0 Å². The smallest absolute Gasteiger partial charge is 0.410 e. The minimum Gasteiger partial charge on any atom is -0.410 e. The monoisotopic (exact) mass is 384 g/mol. The van der Waals surface area contributed by atoms with Gasteiger partial charge in [0.1, 0.15) is 23.7 Å². The summed E-state index contributed by atoms with van der Waals surface area (Å²) in [6.07, 6.45) is -0.000736. The number of fused-ring (bicyclic) bond motifs is 1. The van der Waals surface area contributed by atoms with E-state index in [1.54, 1.807) is 0 Å². The molecule has 2 aromatic carbocycles. The Kier molecular flexibility index (Phi) is 4.07. The number of imidazole rings is 1. The molecule has 10 heteroatoms. The highest BCUT2D eigenvalue weighted by Crippen LogP contribution is 2.26. The van der Waals surface area contributed by atoms with Crippen LogP contribution in [-0.4, -0.2) is 25.6 Å². The molecule has 8 nitrogen and oxygen atoms in total. The number of H-pyrrole nitrogens is 2. The first-order chi connectivity index (χ1) is 13.4. The molecule has 4 rings (SSSR count). The molecule has 2 aromatic heterocycles. The number of benzene rings is 2. The maximum Gasteiger partial charge on any atom is 0.426 e. The van der Waals surface area contributed by atoms with E-state index in [4.69, 9.17) is 4.74 Å². The molecule has 2 N–H and O–H groups in total. The summed E-state index contributed by atoms with van der Waals surface area (Å²) in [5.74, 6) is -1.24. The maximum absolute atomic E-state index is 14.4. The molecule has 0 atom stereocenters. The molecule has 0 unspecified atom stereocenters. The number of carbonyl (C=O) groups is 1. The Morgan fingerprint density at radius 1 is 1.04 bits per heavy atom. The molecule has 0 spiro atoms. The van der Waals surface area contributed by atoms with E-state index >= 15 is 0 Å². The minimum absolute atomic E-state index is 0.109. The van der Waals surface area contributed by atoms with Crippen molar-refractivity contribution in [3.63, 3.8) is 0 Å². The Morgan fingerprint density at radius 2 is 1.79 bits per heavy atom. The van der Waals surface area contributed by atoms with E-state index < -0.39 is 29.0 Å². The molecule has 0 aliphatic carbocycles. The van der Waals surface area contributed by atoms with Crippen molar-refractivity contribution in [2.75, 3.05) is 0 Å². The first-order valence-corrected chi connectivity index (χ1v) is 7.90. The third kappa shape index (κ3) is 3.07. The average molecular weight is 384 g/mol. The first kappa shape index (κ1) is 17.3. The predicted octanol–water partition coefficient (Wildman–Crippen LogP) is 2.41. The Hall–Kier alpha value is -4.08. The quantitative estimate of drug-likeness (QED) is 0.552. The number of ether oxygens (including phenoxy) is 1. The van der Waals surface area contributed by atoms with Gasteiger partial charge in [0.15, 0.2) is 11.2 Å². The fraction of sp³-hybridized carbons (Fsp3) is 0. The number of nitrogens with zero attached hydrogens (tertiary/aromatic N) is 2. The largest absolute Gasteiger partial charge is 0.426 e. The fourth-order valence-electron chi connectivity index (χ4n) is 2.65. The molecule has 2 heterocycles. The van der Waals surface area contributed by atoms with Gasteiger partial charge in [0.25, 0.3) is 5.56 Å². The van der Waals surface area contributed by atoms with Crippen LogP contribution in [0.15, 0.2) is 58.4 Å². The molecule has 28 heavy (non-hydrogen) atoms. The second-order valence-electron chi connectivity index (χ2n) is 5.74. The zero-order valence-electron chi connectivity index (χ0n) is 13.9. The second-order valence-corrected chi connectivity index (χ2v) is 5.74. The lowest BCUT2D eigenvalue weighted by Gasteiger charge is -2.08. The van der Waals surface area contributed by atoms with Gasteiger partial charge in [-0.3, -0.25) is 14.8 Å². The number of aromatic amines is 2. The Balaban J connectivity index is 1.64. The lowest BCUT2D eigenvalue weighted by atomic mass is 10.1. The van der Waals surface area contributed by atoms with Crippen molar-refractivity contribution in [2.24, 2.45) is 0 Å². The van der Waals surface area contributed by atoms with Crippen LogP contribution < -0.4 is 16.0 Å². The number of rotatable bonds is 2. The third-order valence-corrected chi connectivity index (χ3v) is 3.94. The van der Waals surface area contributed by atoms with Gasteiger partial charge < -0.3 is 4.74 Å². The van der Waals surface area contributed by atoms with E-state index in [2.05, 4.69) is 9.97 Å². The first-order valence-electron chi connectivity index (χ1n) is 7.90. The van der Waals surface area contributed by atoms with E-state index in [1.807, 2.05) is 4.98 Å². The highest BCUT2D eigenvalue weighted by molar-refractivity contribution is 5.84. The standard InChI is InChI=1S/C18H10F2N4O4/c19-10-3-1-9(2-4-10)12-6-5-11(7-13(12)20)28-18(27)24-8-21-14-15(24)22-17(26)23-16(14)25/h1-8H,(H2,22,23,25,26). The van der Waals surface area contributed by atoms with Gasteiger partial charge in [-0.15, -0.1) is 0 Å². The van der Waals surface area contributed by atoms with Crippen LogP contribution in [0.2, 0.25) is 0 Å². The summed E-state index contributed by atoms with van der Waals surface area (Å²) in [5, 5.41) is 0. The van der Waals surface area contributed by atoms with Gasteiger partial charge in [0, 0.05) is 11.6 Å². The predicted molar refractivity (Wildman–Crippen MR) is 94.2 cm³/mol. The van der Waals surface area contributed by atoms with E-state index in [9.17, 15) is 23.2 Å². The highest BCUT2D eigenvalue weighted by atomic mass is 19.1. The summed E-state index contributed by atoms with van der Waals surface area (Å²) in [7, 11) is 0. The summed E-state index contributed by atoms with van der Waals surface area (Å²) in [6, 6.07) is 8.98. The van der Waals surface area contributed by atoms with E-state index in [0.29, 0.717) is 5.56 Å². The van der Waals surface area contributed by atoms with Crippen LogP contribution in [-0.2, 0) is 0 Å². The average Bonchev–Trinajstić information content (AvgIpc) is 3.07. The summed E-state index contributed by atoms with van der Waals surface area (Å²) in [6.45, 7) is 0. The van der Waals surface area contributed by atoms with Crippen LogP contribution in [0.25, 0.3) is 22.3 Å². The van der Waals surface area contributed by atoms with Crippen LogP contribution in [0.5, 0.6) is 5.75 Å². The topological polar surface area (TPSA) is 110 Å². The summed E-state index contributed by atoms with van der Waals surface area (Å²) >= 11 is 0. The van der Waals surface area contributed by atoms with Crippen LogP contribution in [0, 0.1) is 11.6 Å². The summed E-state index contributed by atoms with van der Waals surface area (Å²) in [4.78, 5) is 43.4. The molecule has 0 fully saturated rings. The van der Waals surface area contributed by atoms with Crippen LogP contribution in [0.3, 0.4) is 0 Å². The van der Waals surface area contributed by atoms with Gasteiger partial charge in [-0.1, -0.05) is 12.1 Å². The van der Waals surface area contributed by atoms with Gasteiger partial charge in [0.2, 0.25) is 0 Å². The van der Waals surface area contributed by atoms with E-state index in [0.717, 1.165) is 17.0 Å². The molecule has 0 radical (unpaired) electrons. The van der Waals surface area contributed by atoms with Crippen LogP contribution in [0.1, 0.15) is 0 Å². The molecule has 4 aromatic rings. The van der Waals surface area contributed by atoms with Crippen molar-refractivity contribution in [1.29, 1.82) is 0 Å². The molecular formula is C18H10F2N4O4. The molecule has 0 bridgehead atoms. The van der Waals surface area contributed by atoms with Crippen molar-refractivity contribution in [3.8, 4) is 16.9 Å². The number of hydrogen-bond donors (Lipinski definition) is 2. The molecule has 0 saturated heterocycles. The summed E-state index contributed by atoms with van der Waals surface area (Å²) < 4.78 is 33.3. The maximum atomic E-state index is 14.4. The number of halogens is 2. The molecule has 0 amide bonds. The number of nitrogens with one attached hydrogen (secondary N) is 2. The van der Waals surface area contributed by atoms with Crippen molar-refractivity contribution < 1.29 is 18.3 Å². The van der Waals surface area contributed by atoms with E-state index in [1.165, 1.54) is 36.4 Å². The Bertz CT molecular complexity index is 1320. The zero-order chi connectivity index (χ0) is 19.8. The van der Waals surface area contributed by atoms with Crippen molar-refractivity contribution in [1.82, 2.24) is 19.5 Å². The number of aromatic nitrogens is 4. The van der Waals surface area contributed by atoms with Crippen molar-refractivity contribution >= 4 is 17.3 Å². The van der Waals surface area contributed by atoms with Gasteiger partial charge in [0.05, 0.1) is 0 Å². The van der Waals surface area contributed by atoms with Gasteiger partial charge in [-0.05, 0) is 29.8 Å². The highest BCUT2D eigenvalue weighted by Gasteiger charge is 2.16. The van der Waals surface area contributed by atoms with Gasteiger partial charge in [-0.2, -0.15) is 0 Å². The normalized spacial score (nSPS) is 10.9.